The summed E-state index contributed by atoms with van der Waals surface area (Å²) in [5, 5.41) is 2.28. The van der Waals surface area contributed by atoms with E-state index in [4.69, 9.17) is 11.6 Å². The monoisotopic (exact) mass is 586 g/mol. The lowest BCUT2D eigenvalue weighted by atomic mass is 9.98. The van der Waals surface area contributed by atoms with Crippen molar-refractivity contribution in [1.29, 1.82) is 0 Å². The van der Waals surface area contributed by atoms with Crippen LogP contribution >= 0.6 is 11.6 Å². The van der Waals surface area contributed by atoms with E-state index < -0.39 is 45.3 Å². The molecule has 0 aromatic heterocycles. The van der Waals surface area contributed by atoms with Crippen LogP contribution in [0, 0.1) is 13.8 Å². The third-order valence-corrected chi connectivity index (χ3v) is 8.41. The number of carbonyl (C=O) groups excluding carboxylic acids is 1. The summed E-state index contributed by atoms with van der Waals surface area (Å²) in [7, 11) is -4.45. The van der Waals surface area contributed by atoms with E-state index in [-0.39, 0.29) is 10.6 Å². The molecule has 0 aliphatic heterocycles. The first-order valence-corrected chi connectivity index (χ1v) is 14.0. The number of rotatable bonds is 8. The second-order valence-electron chi connectivity index (χ2n) is 9.31. The molecule has 5 nitrogen and oxygen atoms in total. The lowest BCUT2D eigenvalue weighted by molar-refractivity contribution is -0.137. The van der Waals surface area contributed by atoms with Gasteiger partial charge in [-0.05, 0) is 55.3 Å². The highest BCUT2D eigenvalue weighted by atomic mass is 35.5. The van der Waals surface area contributed by atoms with Gasteiger partial charge in [0, 0.05) is 0 Å². The Hall–Kier alpha value is -3.82. The SMILES string of the molecule is Cc1ccc([C@@H](NC(=O)CN(c2ccc(Cl)c(C(F)(F)F)c2)S(=O)(=O)c2ccc(C)cc2)c2ccccc2)cc1. The summed E-state index contributed by atoms with van der Waals surface area (Å²) in [6, 6.07) is 24.5. The Kier molecular flexibility index (Phi) is 8.56. The molecule has 1 amide bonds. The number of aryl methyl sites for hydroxylation is 2. The lowest BCUT2D eigenvalue weighted by Gasteiger charge is -2.27. The smallest absolute Gasteiger partial charge is 0.344 e. The van der Waals surface area contributed by atoms with Crippen molar-refractivity contribution in [2.45, 2.75) is 31.0 Å². The van der Waals surface area contributed by atoms with E-state index in [1.54, 1.807) is 19.1 Å². The van der Waals surface area contributed by atoms with Gasteiger partial charge in [0.05, 0.1) is 27.2 Å². The van der Waals surface area contributed by atoms with Crippen LogP contribution in [0.15, 0.2) is 102 Å². The number of halogens is 4. The predicted molar refractivity (Wildman–Crippen MR) is 150 cm³/mol. The van der Waals surface area contributed by atoms with Crippen LogP contribution in [0.1, 0.15) is 33.9 Å². The summed E-state index contributed by atoms with van der Waals surface area (Å²) in [4.78, 5) is 13.3. The van der Waals surface area contributed by atoms with Crippen LogP contribution in [-0.4, -0.2) is 20.9 Å². The minimum atomic E-state index is -4.83. The number of sulfonamides is 1. The molecule has 10 heteroatoms. The molecule has 1 atom stereocenters. The van der Waals surface area contributed by atoms with Gasteiger partial charge in [0.2, 0.25) is 5.91 Å². The Labute approximate surface area is 236 Å². The van der Waals surface area contributed by atoms with Crippen LogP contribution in [0.4, 0.5) is 18.9 Å². The van der Waals surface area contributed by atoms with Crippen molar-refractivity contribution in [3.8, 4) is 0 Å². The minimum Gasteiger partial charge on any atom is -0.344 e. The van der Waals surface area contributed by atoms with Gasteiger partial charge in [0.25, 0.3) is 10.0 Å². The van der Waals surface area contributed by atoms with Gasteiger partial charge in [-0.1, -0.05) is 89.5 Å². The molecule has 0 bridgehead atoms. The van der Waals surface area contributed by atoms with Gasteiger partial charge in [-0.25, -0.2) is 8.42 Å². The molecule has 4 aromatic rings. The van der Waals surface area contributed by atoms with Gasteiger partial charge >= 0.3 is 6.18 Å². The second-order valence-corrected chi connectivity index (χ2v) is 11.6. The van der Waals surface area contributed by atoms with Crippen molar-refractivity contribution in [2.75, 3.05) is 10.8 Å². The van der Waals surface area contributed by atoms with Crippen LogP contribution in [0.3, 0.4) is 0 Å². The van der Waals surface area contributed by atoms with Crippen LogP contribution in [0.5, 0.6) is 0 Å². The third kappa shape index (κ3) is 6.66. The molecule has 40 heavy (non-hydrogen) atoms. The third-order valence-electron chi connectivity index (χ3n) is 6.29. The highest BCUT2D eigenvalue weighted by Gasteiger charge is 2.36. The number of carbonyl (C=O) groups is 1. The van der Waals surface area contributed by atoms with Gasteiger partial charge in [-0.15, -0.1) is 0 Å². The van der Waals surface area contributed by atoms with E-state index in [0.717, 1.165) is 34.4 Å². The fraction of sp³-hybridized carbons (Fsp3) is 0.167. The summed E-state index contributed by atoms with van der Waals surface area (Å²) in [5.74, 6) is -0.714. The summed E-state index contributed by atoms with van der Waals surface area (Å²) >= 11 is 5.79. The zero-order valence-electron chi connectivity index (χ0n) is 21.6. The fourth-order valence-corrected chi connectivity index (χ4v) is 5.78. The first kappa shape index (κ1) is 29.2. The van der Waals surface area contributed by atoms with Crippen LogP contribution < -0.4 is 9.62 Å². The molecule has 0 fully saturated rings. The maximum atomic E-state index is 13.7. The second kappa shape index (κ2) is 11.7. The minimum absolute atomic E-state index is 0.174. The maximum Gasteiger partial charge on any atom is 0.417 e. The molecule has 1 N–H and O–H groups in total. The lowest BCUT2D eigenvalue weighted by Crippen LogP contribution is -2.42. The molecule has 4 rings (SSSR count). The zero-order chi connectivity index (χ0) is 29.1. The van der Waals surface area contributed by atoms with Crippen LogP contribution in [-0.2, 0) is 21.0 Å². The first-order chi connectivity index (χ1) is 18.9. The average molecular weight is 587 g/mol. The Morgan fingerprint density at radius 3 is 1.98 bits per heavy atom. The molecule has 0 heterocycles. The topological polar surface area (TPSA) is 66.5 Å². The zero-order valence-corrected chi connectivity index (χ0v) is 23.2. The Balaban J connectivity index is 1.75. The van der Waals surface area contributed by atoms with Gasteiger partial charge < -0.3 is 5.32 Å². The molecular formula is C30H26ClF3N2O3S. The van der Waals surface area contributed by atoms with E-state index in [2.05, 4.69) is 5.32 Å². The van der Waals surface area contributed by atoms with E-state index in [0.29, 0.717) is 10.4 Å². The molecule has 0 aliphatic rings. The van der Waals surface area contributed by atoms with Gasteiger partial charge in [-0.3, -0.25) is 9.10 Å². The van der Waals surface area contributed by atoms with E-state index >= 15 is 0 Å². The van der Waals surface area contributed by atoms with Crippen molar-refractivity contribution in [3.63, 3.8) is 0 Å². The Morgan fingerprint density at radius 1 is 0.850 bits per heavy atom. The number of alkyl halides is 3. The molecule has 0 radical (unpaired) electrons. The number of hydrogen-bond acceptors (Lipinski definition) is 3. The van der Waals surface area contributed by atoms with Crippen molar-refractivity contribution in [3.05, 3.63) is 130 Å². The number of benzene rings is 4. The average Bonchev–Trinajstić information content (AvgIpc) is 2.91. The molecule has 0 spiro atoms. The summed E-state index contributed by atoms with van der Waals surface area (Å²) < 4.78 is 69.1. The van der Waals surface area contributed by atoms with Gasteiger partial charge in [0.1, 0.15) is 6.54 Å². The first-order valence-electron chi connectivity index (χ1n) is 12.2. The number of amides is 1. The number of nitrogens with one attached hydrogen (secondary N) is 1. The fourth-order valence-electron chi connectivity index (χ4n) is 4.14. The predicted octanol–water partition coefficient (Wildman–Crippen LogP) is 7.08. The van der Waals surface area contributed by atoms with E-state index in [1.807, 2.05) is 61.5 Å². The van der Waals surface area contributed by atoms with Gasteiger partial charge in [0.15, 0.2) is 0 Å². The molecule has 0 aliphatic carbocycles. The Bertz CT molecular complexity index is 1590. The van der Waals surface area contributed by atoms with Crippen molar-refractivity contribution in [2.24, 2.45) is 0 Å². The van der Waals surface area contributed by atoms with E-state index in [1.165, 1.54) is 12.1 Å². The molecule has 208 valence electrons. The van der Waals surface area contributed by atoms with Crippen molar-refractivity contribution >= 4 is 33.2 Å². The highest BCUT2D eigenvalue weighted by Crippen LogP contribution is 2.38. The summed E-state index contributed by atoms with van der Waals surface area (Å²) in [6.45, 7) is 2.92. The normalized spacial score (nSPS) is 12.6. The number of anilines is 1. The highest BCUT2D eigenvalue weighted by molar-refractivity contribution is 7.92. The van der Waals surface area contributed by atoms with Crippen molar-refractivity contribution in [1.82, 2.24) is 5.32 Å². The largest absolute Gasteiger partial charge is 0.417 e. The van der Waals surface area contributed by atoms with E-state index in [9.17, 15) is 26.4 Å². The molecule has 0 saturated carbocycles. The van der Waals surface area contributed by atoms with Crippen LogP contribution in [0.25, 0.3) is 0 Å². The maximum absolute atomic E-state index is 13.7. The van der Waals surface area contributed by atoms with Crippen molar-refractivity contribution < 1.29 is 26.4 Å². The summed E-state index contributed by atoms with van der Waals surface area (Å²) in [6.07, 6.45) is -4.83. The number of nitrogens with zero attached hydrogens (tertiary/aromatic N) is 1. The molecular weight excluding hydrogens is 561 g/mol. The summed E-state index contributed by atoms with van der Waals surface area (Å²) in [5.41, 5.74) is 1.75. The van der Waals surface area contributed by atoms with Gasteiger partial charge in [-0.2, -0.15) is 13.2 Å². The number of hydrogen-bond donors (Lipinski definition) is 1. The Morgan fingerprint density at radius 2 is 1.40 bits per heavy atom. The quantitative estimate of drug-likeness (QED) is 0.240. The standard InChI is InChI=1S/C30H26ClF3N2O3S/c1-20-8-12-23(13-9-20)29(22-6-4-3-5-7-22)35-28(37)19-36(40(38,39)25-15-10-21(2)11-16-25)24-14-17-27(31)26(18-24)30(32,33)34/h3-18,29H,19H2,1-2H3,(H,35,37)/t29-/m0/s1. The van der Waals surface area contributed by atoms with Crippen LogP contribution in [0.2, 0.25) is 5.02 Å². The molecule has 0 saturated heterocycles. The molecule has 0 unspecified atom stereocenters. The molecule has 4 aromatic carbocycles.